The van der Waals surface area contributed by atoms with Gasteiger partial charge in [0.2, 0.25) is 0 Å². The quantitative estimate of drug-likeness (QED) is 0.892. The lowest BCUT2D eigenvalue weighted by molar-refractivity contribution is 0.506. The van der Waals surface area contributed by atoms with Gasteiger partial charge in [0, 0.05) is 6.04 Å². The van der Waals surface area contributed by atoms with Crippen LogP contribution in [0.15, 0.2) is 30.3 Å². The molecule has 3 atom stereocenters. The Balaban J connectivity index is 2.15. The molecule has 3 nitrogen and oxygen atoms in total. The topological polar surface area (TPSA) is 60.2 Å². The van der Waals surface area contributed by atoms with Gasteiger partial charge in [-0.05, 0) is 24.3 Å². The van der Waals surface area contributed by atoms with Crippen LogP contribution in [0.5, 0.6) is 0 Å². The van der Waals surface area contributed by atoms with E-state index >= 15 is 0 Å². The van der Waals surface area contributed by atoms with Crippen molar-refractivity contribution in [3.63, 3.8) is 0 Å². The zero-order valence-electron chi connectivity index (χ0n) is 10.0. The van der Waals surface area contributed by atoms with E-state index in [-0.39, 0.29) is 23.0 Å². The first kappa shape index (κ1) is 12.6. The number of nitrogens with two attached hydrogens (primary N) is 1. The molecule has 1 fully saturated rings. The minimum absolute atomic E-state index is 0.0329. The van der Waals surface area contributed by atoms with E-state index in [0.717, 1.165) is 12.0 Å². The van der Waals surface area contributed by atoms with E-state index in [1.54, 1.807) is 0 Å². The van der Waals surface area contributed by atoms with Crippen molar-refractivity contribution in [2.45, 2.75) is 36.8 Å². The van der Waals surface area contributed by atoms with Crippen molar-refractivity contribution in [3.8, 4) is 0 Å². The highest BCUT2D eigenvalue weighted by atomic mass is 32.2. The Kier molecular flexibility index (Phi) is 3.54. The van der Waals surface area contributed by atoms with E-state index in [1.165, 1.54) is 0 Å². The van der Waals surface area contributed by atoms with Crippen LogP contribution in [0.4, 0.5) is 0 Å². The largest absolute Gasteiger partial charge is 0.327 e. The maximum atomic E-state index is 12.3. The molecule has 0 amide bonds. The Labute approximate surface area is 103 Å². The molecule has 2 rings (SSSR count). The van der Waals surface area contributed by atoms with E-state index in [1.807, 2.05) is 37.3 Å². The highest BCUT2D eigenvalue weighted by Gasteiger charge is 2.38. The van der Waals surface area contributed by atoms with Crippen LogP contribution < -0.4 is 5.73 Å². The fourth-order valence-corrected chi connectivity index (χ4v) is 4.80. The van der Waals surface area contributed by atoms with Crippen molar-refractivity contribution in [1.82, 2.24) is 0 Å². The zero-order chi connectivity index (χ0) is 12.5. The fourth-order valence-electron chi connectivity index (χ4n) is 2.58. The van der Waals surface area contributed by atoms with E-state index < -0.39 is 9.84 Å². The van der Waals surface area contributed by atoms with Crippen LogP contribution in [0.25, 0.3) is 0 Å². The Morgan fingerprint density at radius 1 is 1.24 bits per heavy atom. The predicted molar refractivity (Wildman–Crippen MR) is 69.2 cm³/mol. The van der Waals surface area contributed by atoms with Gasteiger partial charge in [0.25, 0.3) is 0 Å². The Morgan fingerprint density at radius 2 is 1.88 bits per heavy atom. The second-order valence-electron chi connectivity index (χ2n) is 4.93. The Hall–Kier alpha value is -0.870. The molecule has 17 heavy (non-hydrogen) atoms. The van der Waals surface area contributed by atoms with Crippen LogP contribution >= 0.6 is 0 Å². The molecule has 1 saturated carbocycles. The molecule has 0 aromatic heterocycles. The lowest BCUT2D eigenvalue weighted by atomic mass is 10.1. The summed E-state index contributed by atoms with van der Waals surface area (Å²) < 4.78 is 24.6. The highest BCUT2D eigenvalue weighted by molar-refractivity contribution is 7.91. The molecule has 0 spiro atoms. The third-order valence-electron chi connectivity index (χ3n) is 3.72. The van der Waals surface area contributed by atoms with Gasteiger partial charge in [0.1, 0.15) is 0 Å². The molecule has 1 aliphatic rings. The second-order valence-corrected chi connectivity index (χ2v) is 7.15. The molecule has 94 valence electrons. The van der Waals surface area contributed by atoms with Gasteiger partial charge in [-0.2, -0.15) is 0 Å². The van der Waals surface area contributed by atoms with Gasteiger partial charge >= 0.3 is 0 Å². The van der Waals surface area contributed by atoms with E-state index in [0.29, 0.717) is 6.42 Å². The van der Waals surface area contributed by atoms with E-state index in [9.17, 15) is 8.42 Å². The van der Waals surface area contributed by atoms with Gasteiger partial charge in [-0.15, -0.1) is 0 Å². The molecular weight excluding hydrogens is 234 g/mol. The van der Waals surface area contributed by atoms with Crippen molar-refractivity contribution < 1.29 is 8.42 Å². The fraction of sp³-hybridized carbons (Fsp3) is 0.538. The minimum atomic E-state index is -3.08. The number of hydrogen-bond acceptors (Lipinski definition) is 3. The minimum Gasteiger partial charge on any atom is -0.327 e. The average Bonchev–Trinajstić information content (AvgIpc) is 2.61. The normalized spacial score (nSPS) is 29.4. The number of hydrogen-bond donors (Lipinski definition) is 1. The van der Waals surface area contributed by atoms with Crippen molar-refractivity contribution >= 4 is 9.84 Å². The molecule has 2 N–H and O–H groups in total. The maximum Gasteiger partial charge on any atom is 0.157 e. The molecule has 0 radical (unpaired) electrons. The first-order chi connectivity index (χ1) is 8.00. The Morgan fingerprint density at radius 3 is 2.41 bits per heavy atom. The lowest BCUT2D eigenvalue weighted by Gasteiger charge is -2.18. The standard InChI is InChI=1S/C13H19NO2S/c1-10-12(14)7-8-13(10)17(15,16)9-11-5-3-2-4-6-11/h2-6,10,12-13H,7-9,14H2,1H3. The molecule has 0 bridgehead atoms. The first-order valence-corrected chi connectivity index (χ1v) is 7.73. The van der Waals surface area contributed by atoms with E-state index in [4.69, 9.17) is 5.73 Å². The molecule has 3 unspecified atom stereocenters. The SMILES string of the molecule is CC1C(N)CCC1S(=O)(=O)Cc1ccccc1. The number of rotatable bonds is 3. The molecule has 1 aliphatic carbocycles. The smallest absolute Gasteiger partial charge is 0.157 e. The summed E-state index contributed by atoms with van der Waals surface area (Å²) in [5, 5.41) is -0.266. The van der Waals surface area contributed by atoms with Crippen LogP contribution in [0.2, 0.25) is 0 Å². The van der Waals surface area contributed by atoms with Crippen LogP contribution in [0, 0.1) is 5.92 Å². The van der Waals surface area contributed by atoms with Crippen LogP contribution in [-0.2, 0) is 15.6 Å². The molecule has 0 saturated heterocycles. The summed E-state index contributed by atoms with van der Waals surface area (Å²) in [7, 11) is -3.08. The molecule has 0 aliphatic heterocycles. The zero-order valence-corrected chi connectivity index (χ0v) is 10.9. The van der Waals surface area contributed by atoms with Crippen molar-refractivity contribution in [3.05, 3.63) is 35.9 Å². The van der Waals surface area contributed by atoms with Crippen molar-refractivity contribution in [2.75, 3.05) is 0 Å². The molecular formula is C13H19NO2S. The van der Waals surface area contributed by atoms with Gasteiger partial charge in [-0.1, -0.05) is 37.3 Å². The summed E-state index contributed by atoms with van der Waals surface area (Å²) in [5.74, 6) is 0.207. The van der Waals surface area contributed by atoms with Crippen LogP contribution in [-0.4, -0.2) is 19.7 Å². The van der Waals surface area contributed by atoms with Gasteiger partial charge in [-0.25, -0.2) is 8.42 Å². The van der Waals surface area contributed by atoms with Gasteiger partial charge in [-0.3, -0.25) is 0 Å². The van der Waals surface area contributed by atoms with Crippen molar-refractivity contribution in [2.24, 2.45) is 11.7 Å². The third-order valence-corrected chi connectivity index (χ3v) is 6.04. The van der Waals surface area contributed by atoms with Crippen LogP contribution in [0.3, 0.4) is 0 Å². The average molecular weight is 253 g/mol. The highest BCUT2D eigenvalue weighted by Crippen LogP contribution is 2.31. The summed E-state index contributed by atoms with van der Waals surface area (Å²) in [6, 6.07) is 9.38. The summed E-state index contributed by atoms with van der Waals surface area (Å²) in [4.78, 5) is 0. The van der Waals surface area contributed by atoms with Gasteiger partial charge in [0.05, 0.1) is 11.0 Å². The summed E-state index contributed by atoms with van der Waals surface area (Å²) in [5.41, 5.74) is 6.76. The maximum absolute atomic E-state index is 12.3. The van der Waals surface area contributed by atoms with Gasteiger partial charge in [0.15, 0.2) is 9.84 Å². The number of sulfone groups is 1. The Bertz CT molecular complexity index is 469. The summed E-state index contributed by atoms with van der Waals surface area (Å²) >= 11 is 0. The molecule has 4 heteroatoms. The summed E-state index contributed by atoms with van der Waals surface area (Å²) in [6.45, 7) is 1.95. The molecule has 0 heterocycles. The van der Waals surface area contributed by atoms with Crippen LogP contribution in [0.1, 0.15) is 25.3 Å². The lowest BCUT2D eigenvalue weighted by Crippen LogP contribution is -2.32. The summed E-state index contributed by atoms with van der Waals surface area (Å²) in [6.07, 6.45) is 1.53. The molecule has 1 aromatic rings. The van der Waals surface area contributed by atoms with Gasteiger partial charge < -0.3 is 5.73 Å². The third kappa shape index (κ3) is 2.69. The molecule has 1 aromatic carbocycles. The second kappa shape index (κ2) is 4.78. The number of benzene rings is 1. The van der Waals surface area contributed by atoms with Crippen molar-refractivity contribution in [1.29, 1.82) is 0 Å². The monoisotopic (exact) mass is 253 g/mol. The van der Waals surface area contributed by atoms with E-state index in [2.05, 4.69) is 0 Å². The first-order valence-electron chi connectivity index (χ1n) is 6.02. The predicted octanol–water partition coefficient (Wildman–Crippen LogP) is 1.73.